The number of nitrogens with zero attached hydrogens (tertiary/aromatic N) is 2. The van der Waals surface area contributed by atoms with E-state index >= 15 is 0 Å². The lowest BCUT2D eigenvalue weighted by atomic mass is 10.1. The highest BCUT2D eigenvalue weighted by Crippen LogP contribution is 1.99. The van der Waals surface area contributed by atoms with Crippen LogP contribution in [0.5, 0.6) is 0 Å². The third kappa shape index (κ3) is 2.86. The number of aliphatic carboxylic acids is 1. The predicted octanol–water partition coefficient (Wildman–Crippen LogP) is -0.564. The maximum absolute atomic E-state index is 10.9. The lowest BCUT2D eigenvalue weighted by Crippen LogP contribution is -2.33. The van der Waals surface area contributed by atoms with E-state index in [1.165, 1.54) is 0 Å². The van der Waals surface area contributed by atoms with Crippen LogP contribution < -0.4 is 16.4 Å². The van der Waals surface area contributed by atoms with Crippen molar-refractivity contribution in [3.05, 3.63) is 34.5 Å². The Balaban J connectivity index is 0.00000144. The maximum Gasteiger partial charge on any atom is 0.368 e. The minimum absolute atomic E-state index is 0. The van der Waals surface area contributed by atoms with Crippen molar-refractivity contribution in [1.82, 2.24) is 0 Å². The molecule has 6 nitrogen and oxygen atoms in total. The van der Waals surface area contributed by atoms with Crippen molar-refractivity contribution in [2.24, 2.45) is 15.7 Å². The molecule has 3 N–H and O–H groups in total. The minimum Gasteiger partial charge on any atom is -0.480 e. The molecule has 17 heavy (non-hydrogen) atoms. The second kappa shape index (κ2) is 5.03. The molecule has 2 amide bonds. The summed E-state index contributed by atoms with van der Waals surface area (Å²) < 4.78 is 0. The second-order valence-electron chi connectivity index (χ2n) is 3.48. The number of fused-ring (bicyclic) bond motifs is 1. The van der Waals surface area contributed by atoms with Gasteiger partial charge in [0.2, 0.25) is 0 Å². The van der Waals surface area contributed by atoms with Crippen LogP contribution in [0.15, 0.2) is 28.2 Å². The first-order valence-electron chi connectivity index (χ1n) is 4.65. The van der Waals surface area contributed by atoms with Gasteiger partial charge in [-0.3, -0.25) is 4.79 Å². The van der Waals surface area contributed by atoms with Crippen LogP contribution in [0.2, 0.25) is 0 Å². The quantitative estimate of drug-likeness (QED) is 0.755. The number of hydrogen-bond acceptors (Lipinski definition) is 3. The molecule has 0 saturated carbocycles. The van der Waals surface area contributed by atoms with Gasteiger partial charge < -0.3 is 10.8 Å². The van der Waals surface area contributed by atoms with Crippen LogP contribution >= 0.6 is 12.4 Å². The van der Waals surface area contributed by atoms with Gasteiger partial charge in [-0.1, -0.05) is 6.07 Å². The fourth-order valence-electron chi connectivity index (χ4n) is 1.45. The van der Waals surface area contributed by atoms with E-state index in [9.17, 15) is 9.59 Å². The molecule has 7 heteroatoms. The summed E-state index contributed by atoms with van der Waals surface area (Å²) in [4.78, 5) is 28.8. The first kappa shape index (κ1) is 13.3. The molecule has 1 aliphatic rings. The van der Waals surface area contributed by atoms with Gasteiger partial charge in [0.25, 0.3) is 0 Å². The molecule has 1 aliphatic heterocycles. The molecule has 0 radical (unpaired) electrons. The van der Waals surface area contributed by atoms with Crippen molar-refractivity contribution >= 4 is 24.4 Å². The van der Waals surface area contributed by atoms with Gasteiger partial charge in [-0.15, -0.1) is 12.4 Å². The predicted molar refractivity (Wildman–Crippen MR) is 60.7 cm³/mol. The Morgan fingerprint density at radius 3 is 2.65 bits per heavy atom. The zero-order valence-corrected chi connectivity index (χ0v) is 9.48. The Hall–Kier alpha value is -1.79. The summed E-state index contributed by atoms with van der Waals surface area (Å²) in [5.41, 5.74) is 6.12. The zero-order valence-electron chi connectivity index (χ0n) is 8.66. The molecule has 90 valence electrons. The van der Waals surface area contributed by atoms with Crippen LogP contribution in [0, 0.1) is 0 Å². The first-order chi connectivity index (χ1) is 7.56. The van der Waals surface area contributed by atoms with Gasteiger partial charge >= 0.3 is 12.0 Å². The fourth-order valence-corrected chi connectivity index (χ4v) is 1.45. The molecule has 0 fully saturated rings. The highest BCUT2D eigenvalue weighted by atomic mass is 35.5. The number of urea groups is 1. The minimum atomic E-state index is -1.06. The molecule has 0 aromatic heterocycles. The summed E-state index contributed by atoms with van der Waals surface area (Å²) in [6.45, 7) is 0. The van der Waals surface area contributed by atoms with Gasteiger partial charge in [-0.25, -0.2) is 4.79 Å². The lowest BCUT2D eigenvalue weighted by Gasteiger charge is -2.05. The largest absolute Gasteiger partial charge is 0.480 e. The van der Waals surface area contributed by atoms with Crippen LogP contribution in [0.25, 0.3) is 0 Å². The number of carbonyl (C=O) groups excluding carboxylic acids is 1. The number of hydrogen-bond donors (Lipinski definition) is 2. The van der Waals surface area contributed by atoms with Gasteiger partial charge in [-0.05, 0) is 24.1 Å². The Kier molecular flexibility index (Phi) is 3.93. The van der Waals surface area contributed by atoms with E-state index in [-0.39, 0.29) is 18.8 Å². The van der Waals surface area contributed by atoms with E-state index in [1.54, 1.807) is 18.2 Å². The number of halogens is 1. The summed E-state index contributed by atoms with van der Waals surface area (Å²) in [5, 5.41) is 9.64. The molecule has 2 rings (SSSR count). The normalized spacial score (nSPS) is 14.1. The van der Waals surface area contributed by atoms with Crippen LogP contribution in [0.1, 0.15) is 5.56 Å². The monoisotopic (exact) mass is 255 g/mol. The Bertz CT molecular complexity index is 585. The van der Waals surface area contributed by atoms with Crippen LogP contribution in [-0.4, -0.2) is 23.1 Å². The Morgan fingerprint density at radius 2 is 2.00 bits per heavy atom. The SMILES string of the molecule is Cl.N[C@@H](Cc1ccc2c(c1)=NC(=O)N=2)C(=O)O. The van der Waals surface area contributed by atoms with Gasteiger partial charge in [0.1, 0.15) is 6.04 Å². The van der Waals surface area contributed by atoms with Crippen LogP contribution in [-0.2, 0) is 11.2 Å². The van der Waals surface area contributed by atoms with Crippen molar-refractivity contribution in [2.45, 2.75) is 12.5 Å². The van der Waals surface area contributed by atoms with Gasteiger partial charge in [0.15, 0.2) is 0 Å². The number of rotatable bonds is 3. The van der Waals surface area contributed by atoms with Gasteiger partial charge in [-0.2, -0.15) is 9.98 Å². The standard InChI is InChI=1S/C10H9N3O3.ClH/c11-6(9(14)15)3-5-1-2-7-8(4-5)13-10(16)12-7;/h1-2,4,6H,3,11H2,(H,14,15);1H/t6-;/m0./s1. The Morgan fingerprint density at radius 1 is 1.35 bits per heavy atom. The summed E-state index contributed by atoms with van der Waals surface area (Å²) in [6, 6.07) is 3.47. The smallest absolute Gasteiger partial charge is 0.368 e. The van der Waals surface area contributed by atoms with Crippen molar-refractivity contribution in [3.63, 3.8) is 0 Å². The van der Waals surface area contributed by atoms with E-state index < -0.39 is 18.0 Å². The number of benzene rings is 1. The van der Waals surface area contributed by atoms with Crippen molar-refractivity contribution in [2.75, 3.05) is 0 Å². The first-order valence-corrected chi connectivity index (χ1v) is 4.65. The summed E-state index contributed by atoms with van der Waals surface area (Å²) >= 11 is 0. The highest BCUT2D eigenvalue weighted by molar-refractivity contribution is 5.85. The molecule has 0 bridgehead atoms. The summed E-state index contributed by atoms with van der Waals surface area (Å²) in [7, 11) is 0. The molecule has 1 heterocycles. The number of amides is 2. The van der Waals surface area contributed by atoms with Crippen LogP contribution in [0.3, 0.4) is 0 Å². The molecule has 0 unspecified atom stereocenters. The van der Waals surface area contributed by atoms with Gasteiger partial charge in [0.05, 0.1) is 10.7 Å². The average Bonchev–Trinajstić information content (AvgIpc) is 2.57. The number of carboxylic acids is 1. The second-order valence-corrected chi connectivity index (χ2v) is 3.48. The third-order valence-electron chi connectivity index (χ3n) is 2.24. The van der Waals surface area contributed by atoms with Crippen molar-refractivity contribution in [1.29, 1.82) is 0 Å². The van der Waals surface area contributed by atoms with E-state index in [4.69, 9.17) is 10.8 Å². The highest BCUT2D eigenvalue weighted by Gasteiger charge is 2.13. The van der Waals surface area contributed by atoms with Crippen molar-refractivity contribution in [3.8, 4) is 0 Å². The molecular weight excluding hydrogens is 246 g/mol. The molecule has 1 aromatic rings. The number of carboxylic acid groups (broad SMARTS) is 1. The molecule has 0 spiro atoms. The van der Waals surface area contributed by atoms with E-state index in [0.29, 0.717) is 10.7 Å². The molecular formula is C10H10ClN3O3. The topological polar surface area (TPSA) is 105 Å². The molecule has 0 aliphatic carbocycles. The van der Waals surface area contributed by atoms with Gasteiger partial charge in [0, 0.05) is 0 Å². The maximum atomic E-state index is 10.9. The average molecular weight is 256 g/mol. The summed E-state index contributed by atoms with van der Waals surface area (Å²) in [5.74, 6) is -1.06. The Labute approximate surface area is 102 Å². The number of nitrogens with two attached hydrogens (primary N) is 1. The van der Waals surface area contributed by atoms with E-state index in [1.807, 2.05) is 0 Å². The summed E-state index contributed by atoms with van der Waals surface area (Å²) in [6.07, 6.45) is 0.201. The van der Waals surface area contributed by atoms with Crippen LogP contribution in [0.4, 0.5) is 4.79 Å². The van der Waals surface area contributed by atoms with E-state index in [2.05, 4.69) is 9.98 Å². The van der Waals surface area contributed by atoms with E-state index in [0.717, 1.165) is 5.56 Å². The zero-order chi connectivity index (χ0) is 11.7. The molecule has 0 saturated heterocycles. The lowest BCUT2D eigenvalue weighted by molar-refractivity contribution is -0.138. The third-order valence-corrected chi connectivity index (χ3v) is 2.24. The fraction of sp³-hybridized carbons (Fsp3) is 0.200. The molecule has 1 atom stereocenters. The van der Waals surface area contributed by atoms with Crippen molar-refractivity contribution < 1.29 is 14.7 Å². The number of carbonyl (C=O) groups is 2. The molecule has 1 aromatic carbocycles.